The maximum absolute atomic E-state index is 12.1. The predicted molar refractivity (Wildman–Crippen MR) is 93.8 cm³/mol. The quantitative estimate of drug-likeness (QED) is 0.783. The molecule has 2 N–H and O–H groups in total. The van der Waals surface area contributed by atoms with Gasteiger partial charge in [0, 0.05) is 12.1 Å². The summed E-state index contributed by atoms with van der Waals surface area (Å²) in [5.74, 6) is -0.313. The van der Waals surface area contributed by atoms with Crippen LogP contribution in [0.25, 0.3) is 0 Å². The van der Waals surface area contributed by atoms with Gasteiger partial charge in [-0.2, -0.15) is 0 Å². The van der Waals surface area contributed by atoms with Crippen molar-refractivity contribution in [3.63, 3.8) is 0 Å². The number of nitrogens with zero attached hydrogens (tertiary/aromatic N) is 1. The van der Waals surface area contributed by atoms with Crippen LogP contribution in [0.1, 0.15) is 48.2 Å². The van der Waals surface area contributed by atoms with E-state index in [4.69, 9.17) is 0 Å². The molecule has 0 radical (unpaired) electrons. The van der Waals surface area contributed by atoms with Crippen LogP contribution < -0.4 is 10.6 Å². The normalized spacial score (nSPS) is 17.5. The van der Waals surface area contributed by atoms with Gasteiger partial charge in [-0.1, -0.05) is 31.7 Å². The molecule has 128 valence electrons. The largest absolute Gasteiger partial charge is 0.353 e. The molecule has 2 amide bonds. The van der Waals surface area contributed by atoms with Crippen molar-refractivity contribution in [3.05, 3.63) is 22.4 Å². The number of likely N-dealkylation sites (N-methyl/N-ethyl adjacent to an activating group) is 1. The van der Waals surface area contributed by atoms with Gasteiger partial charge in [-0.3, -0.25) is 9.59 Å². The Hall–Kier alpha value is -1.40. The number of hydrogen-bond acceptors (Lipinski definition) is 4. The Labute approximate surface area is 142 Å². The topological polar surface area (TPSA) is 61.4 Å². The summed E-state index contributed by atoms with van der Waals surface area (Å²) in [6.45, 7) is 0.675. The number of amides is 2. The summed E-state index contributed by atoms with van der Waals surface area (Å²) in [6, 6.07) is 3.58. The molecule has 1 aliphatic rings. The van der Waals surface area contributed by atoms with E-state index in [1.807, 2.05) is 11.4 Å². The highest BCUT2D eigenvalue weighted by Gasteiger charge is 2.33. The Kier molecular flexibility index (Phi) is 6.59. The first kappa shape index (κ1) is 17.9. The molecule has 23 heavy (non-hydrogen) atoms. The summed E-state index contributed by atoms with van der Waals surface area (Å²) in [6.07, 6.45) is 7.21. The average molecular weight is 337 g/mol. The molecule has 6 heteroatoms. The van der Waals surface area contributed by atoms with Crippen LogP contribution in [0.2, 0.25) is 0 Å². The molecule has 0 saturated heterocycles. The van der Waals surface area contributed by atoms with Gasteiger partial charge in [0.15, 0.2) is 0 Å². The third kappa shape index (κ3) is 5.04. The molecule has 0 unspecified atom stereocenters. The Bertz CT molecular complexity index is 506. The fraction of sp³-hybridized carbons (Fsp3) is 0.647. The van der Waals surface area contributed by atoms with E-state index in [0.29, 0.717) is 11.4 Å². The smallest absolute Gasteiger partial charge is 0.261 e. The molecule has 1 heterocycles. The van der Waals surface area contributed by atoms with E-state index in [9.17, 15) is 9.59 Å². The van der Waals surface area contributed by atoms with Gasteiger partial charge in [-0.15, -0.1) is 11.3 Å². The molecule has 1 fully saturated rings. The Morgan fingerprint density at radius 3 is 2.43 bits per heavy atom. The van der Waals surface area contributed by atoms with Crippen molar-refractivity contribution in [1.82, 2.24) is 15.5 Å². The second kappa shape index (κ2) is 8.45. The lowest BCUT2D eigenvalue weighted by Gasteiger charge is -2.39. The molecule has 0 aliphatic heterocycles. The van der Waals surface area contributed by atoms with Crippen molar-refractivity contribution in [2.24, 2.45) is 0 Å². The minimum atomic E-state index is -0.188. The molecule has 1 aromatic rings. The number of hydrogen-bond donors (Lipinski definition) is 2. The summed E-state index contributed by atoms with van der Waals surface area (Å²) in [5, 5.41) is 7.53. The molecular weight excluding hydrogens is 310 g/mol. The number of thiophene rings is 1. The lowest BCUT2D eigenvalue weighted by Crippen LogP contribution is -2.53. The third-order valence-electron chi connectivity index (χ3n) is 4.75. The first-order valence-electron chi connectivity index (χ1n) is 8.29. The Morgan fingerprint density at radius 1 is 1.17 bits per heavy atom. The second-order valence-corrected chi connectivity index (χ2v) is 7.42. The second-order valence-electron chi connectivity index (χ2n) is 6.47. The standard InChI is InChI=1S/C17H27N3O2S/c1-20(2)17(9-5-3-4-6-10-17)13-19-15(21)12-18-16(22)14-8-7-11-23-14/h7-8,11H,3-6,9-10,12-13H2,1-2H3,(H,18,22)(H,19,21). The van der Waals surface area contributed by atoms with Gasteiger partial charge in [-0.25, -0.2) is 0 Å². The summed E-state index contributed by atoms with van der Waals surface area (Å²) >= 11 is 1.37. The van der Waals surface area contributed by atoms with Crippen molar-refractivity contribution in [1.29, 1.82) is 0 Å². The van der Waals surface area contributed by atoms with E-state index < -0.39 is 0 Å². The highest BCUT2D eigenvalue weighted by molar-refractivity contribution is 7.12. The molecule has 0 bridgehead atoms. The molecular formula is C17H27N3O2S. The molecule has 1 aliphatic carbocycles. The van der Waals surface area contributed by atoms with Crippen molar-refractivity contribution in [2.75, 3.05) is 27.2 Å². The van der Waals surface area contributed by atoms with E-state index in [0.717, 1.165) is 12.8 Å². The minimum Gasteiger partial charge on any atom is -0.353 e. The van der Waals surface area contributed by atoms with Crippen molar-refractivity contribution in [3.8, 4) is 0 Å². The summed E-state index contributed by atoms with van der Waals surface area (Å²) in [7, 11) is 4.19. The molecule has 0 spiro atoms. The molecule has 1 saturated carbocycles. The maximum Gasteiger partial charge on any atom is 0.261 e. The van der Waals surface area contributed by atoms with Crippen molar-refractivity contribution >= 4 is 23.2 Å². The Morgan fingerprint density at radius 2 is 1.87 bits per heavy atom. The highest BCUT2D eigenvalue weighted by Crippen LogP contribution is 2.30. The fourth-order valence-corrected chi connectivity index (χ4v) is 3.79. The van der Waals surface area contributed by atoms with Crippen molar-refractivity contribution < 1.29 is 9.59 Å². The molecule has 1 aromatic heterocycles. The molecule has 2 rings (SSSR count). The van der Waals surface area contributed by atoms with Crippen LogP contribution in [0.4, 0.5) is 0 Å². The summed E-state index contributed by atoms with van der Waals surface area (Å²) in [5.41, 5.74) is 0.0456. The van der Waals surface area contributed by atoms with Gasteiger partial charge in [0.25, 0.3) is 5.91 Å². The fourth-order valence-electron chi connectivity index (χ4n) is 3.15. The van der Waals surface area contributed by atoms with Gasteiger partial charge in [0.05, 0.1) is 11.4 Å². The summed E-state index contributed by atoms with van der Waals surface area (Å²) in [4.78, 5) is 26.8. The lowest BCUT2D eigenvalue weighted by molar-refractivity contribution is -0.120. The Balaban J connectivity index is 1.81. The zero-order valence-electron chi connectivity index (χ0n) is 14.1. The minimum absolute atomic E-state index is 0.0280. The number of nitrogens with one attached hydrogen (secondary N) is 2. The summed E-state index contributed by atoms with van der Waals surface area (Å²) < 4.78 is 0. The number of rotatable bonds is 6. The maximum atomic E-state index is 12.1. The van der Waals surface area contributed by atoms with Crippen LogP contribution in [0.5, 0.6) is 0 Å². The van der Waals surface area contributed by atoms with E-state index >= 15 is 0 Å². The van der Waals surface area contributed by atoms with Crippen LogP contribution in [0, 0.1) is 0 Å². The lowest BCUT2D eigenvalue weighted by atomic mass is 9.88. The van der Waals surface area contributed by atoms with Crippen LogP contribution in [0.15, 0.2) is 17.5 Å². The SMILES string of the molecule is CN(C)C1(CNC(=O)CNC(=O)c2cccs2)CCCCCC1. The van der Waals surface area contributed by atoms with Gasteiger partial charge >= 0.3 is 0 Å². The van der Waals surface area contributed by atoms with E-state index in [-0.39, 0.29) is 23.9 Å². The number of carbonyl (C=O) groups is 2. The van der Waals surface area contributed by atoms with Crippen LogP contribution in [-0.2, 0) is 4.79 Å². The molecule has 0 aromatic carbocycles. The molecule has 0 atom stereocenters. The van der Waals surface area contributed by atoms with Crippen LogP contribution >= 0.6 is 11.3 Å². The first-order chi connectivity index (χ1) is 11.0. The number of carbonyl (C=O) groups excluding carboxylic acids is 2. The van der Waals surface area contributed by atoms with Gasteiger partial charge < -0.3 is 15.5 Å². The van der Waals surface area contributed by atoms with Crippen LogP contribution in [0.3, 0.4) is 0 Å². The highest BCUT2D eigenvalue weighted by atomic mass is 32.1. The third-order valence-corrected chi connectivity index (χ3v) is 5.62. The van der Waals surface area contributed by atoms with E-state index in [1.54, 1.807) is 6.07 Å². The van der Waals surface area contributed by atoms with Gasteiger partial charge in [-0.05, 0) is 38.4 Å². The monoisotopic (exact) mass is 337 g/mol. The van der Waals surface area contributed by atoms with E-state index in [2.05, 4.69) is 29.6 Å². The molecule has 5 nitrogen and oxygen atoms in total. The van der Waals surface area contributed by atoms with Gasteiger partial charge in [0.1, 0.15) is 0 Å². The van der Waals surface area contributed by atoms with E-state index in [1.165, 1.54) is 37.0 Å². The average Bonchev–Trinajstić information content (AvgIpc) is 2.96. The zero-order chi connectivity index (χ0) is 16.7. The predicted octanol–water partition coefficient (Wildman–Crippen LogP) is 2.25. The van der Waals surface area contributed by atoms with Gasteiger partial charge in [0.2, 0.25) is 5.91 Å². The first-order valence-corrected chi connectivity index (χ1v) is 9.17. The van der Waals surface area contributed by atoms with Crippen LogP contribution in [-0.4, -0.2) is 49.4 Å². The van der Waals surface area contributed by atoms with Crippen molar-refractivity contribution in [2.45, 2.75) is 44.1 Å². The zero-order valence-corrected chi connectivity index (χ0v) is 14.9.